The van der Waals surface area contributed by atoms with E-state index in [1.807, 2.05) is 53.4 Å². The van der Waals surface area contributed by atoms with Gasteiger partial charge in [-0.05, 0) is 41.8 Å². The van der Waals surface area contributed by atoms with Gasteiger partial charge in [-0.1, -0.05) is 36.4 Å². The van der Waals surface area contributed by atoms with Gasteiger partial charge in [-0.15, -0.1) is 0 Å². The second-order valence-corrected chi connectivity index (χ2v) is 6.87. The minimum atomic E-state index is 0.0123. The van der Waals surface area contributed by atoms with Gasteiger partial charge >= 0.3 is 0 Å². The fourth-order valence-electron chi connectivity index (χ4n) is 3.39. The lowest BCUT2D eigenvalue weighted by molar-refractivity contribution is 0.0773. The van der Waals surface area contributed by atoms with Gasteiger partial charge in [0.2, 0.25) is 0 Å². The first-order valence-corrected chi connectivity index (χ1v) is 9.42. The quantitative estimate of drug-likeness (QED) is 0.533. The molecule has 1 aliphatic heterocycles. The van der Waals surface area contributed by atoms with Crippen molar-refractivity contribution in [3.05, 3.63) is 89.8 Å². The fourth-order valence-corrected chi connectivity index (χ4v) is 3.39. The molecular formula is C23H21N5O. The van der Waals surface area contributed by atoms with Crippen molar-refractivity contribution >= 4 is 17.3 Å². The van der Waals surface area contributed by atoms with Crippen LogP contribution in [-0.4, -0.2) is 39.7 Å². The zero-order chi connectivity index (χ0) is 20.2. The smallest absolute Gasteiger partial charge is 0.254 e. The molecule has 0 aliphatic carbocycles. The van der Waals surface area contributed by atoms with Gasteiger partial charge < -0.3 is 10.6 Å². The van der Waals surface area contributed by atoms with Crippen molar-refractivity contribution in [3.63, 3.8) is 0 Å². The summed E-state index contributed by atoms with van der Waals surface area (Å²) in [6.07, 6.45) is 6.24. The van der Waals surface area contributed by atoms with Crippen LogP contribution < -0.4 is 5.73 Å². The highest BCUT2D eigenvalue weighted by molar-refractivity contribution is 5.96. The third-order valence-electron chi connectivity index (χ3n) is 5.00. The molecule has 2 heterocycles. The number of carbonyl (C=O) groups is 1. The number of nitrogens with two attached hydrogens (primary N) is 1. The highest BCUT2D eigenvalue weighted by atomic mass is 16.2. The van der Waals surface area contributed by atoms with E-state index >= 15 is 0 Å². The molecule has 3 N–H and O–H groups in total. The number of hydrogen-bond donors (Lipinski definition) is 2. The molecular weight excluding hydrogens is 362 g/mol. The summed E-state index contributed by atoms with van der Waals surface area (Å²) >= 11 is 0. The van der Waals surface area contributed by atoms with Crippen molar-refractivity contribution in [2.75, 3.05) is 13.1 Å². The average Bonchev–Trinajstić information content (AvgIpc) is 2.79. The number of amidine groups is 1. The Balaban J connectivity index is 1.46. The van der Waals surface area contributed by atoms with E-state index in [1.165, 1.54) is 5.57 Å². The van der Waals surface area contributed by atoms with Crippen molar-refractivity contribution in [2.45, 2.75) is 6.42 Å². The van der Waals surface area contributed by atoms with Gasteiger partial charge in [0, 0.05) is 42.2 Å². The number of amides is 1. The molecule has 1 amide bonds. The Morgan fingerprint density at radius 1 is 0.966 bits per heavy atom. The van der Waals surface area contributed by atoms with Crippen LogP contribution in [0.15, 0.2) is 73.1 Å². The molecule has 144 valence electrons. The molecule has 0 radical (unpaired) electrons. The zero-order valence-corrected chi connectivity index (χ0v) is 15.9. The van der Waals surface area contributed by atoms with Crippen LogP contribution in [0.25, 0.3) is 17.0 Å². The van der Waals surface area contributed by atoms with E-state index in [0.29, 0.717) is 30.0 Å². The van der Waals surface area contributed by atoms with Crippen LogP contribution in [0.5, 0.6) is 0 Å². The summed E-state index contributed by atoms with van der Waals surface area (Å²) in [5.74, 6) is 0.715. The molecule has 6 heteroatoms. The van der Waals surface area contributed by atoms with E-state index in [1.54, 1.807) is 18.5 Å². The van der Waals surface area contributed by atoms with E-state index in [-0.39, 0.29) is 11.7 Å². The monoisotopic (exact) mass is 383 g/mol. The molecule has 0 unspecified atom stereocenters. The zero-order valence-electron chi connectivity index (χ0n) is 15.9. The van der Waals surface area contributed by atoms with Crippen molar-refractivity contribution in [1.82, 2.24) is 14.9 Å². The first-order chi connectivity index (χ1) is 14.1. The maximum atomic E-state index is 12.9. The number of aromatic nitrogens is 2. The van der Waals surface area contributed by atoms with Gasteiger partial charge in [0.25, 0.3) is 5.91 Å². The Morgan fingerprint density at radius 2 is 1.72 bits per heavy atom. The van der Waals surface area contributed by atoms with Gasteiger partial charge in [-0.3, -0.25) is 10.2 Å². The number of nitrogen functional groups attached to an aromatic ring is 1. The second-order valence-electron chi connectivity index (χ2n) is 6.87. The molecule has 0 spiro atoms. The van der Waals surface area contributed by atoms with Crippen LogP contribution in [-0.2, 0) is 0 Å². The van der Waals surface area contributed by atoms with E-state index < -0.39 is 0 Å². The van der Waals surface area contributed by atoms with Crippen molar-refractivity contribution in [3.8, 4) is 11.4 Å². The largest absolute Gasteiger partial charge is 0.384 e. The summed E-state index contributed by atoms with van der Waals surface area (Å²) in [6, 6.07) is 16.8. The number of carbonyl (C=O) groups excluding carboxylic acids is 1. The molecule has 0 atom stereocenters. The van der Waals surface area contributed by atoms with Crippen LogP contribution in [0.2, 0.25) is 0 Å². The summed E-state index contributed by atoms with van der Waals surface area (Å²) in [5.41, 5.74) is 10.1. The summed E-state index contributed by atoms with van der Waals surface area (Å²) in [7, 11) is 0. The van der Waals surface area contributed by atoms with E-state index in [9.17, 15) is 4.79 Å². The summed E-state index contributed by atoms with van der Waals surface area (Å²) in [6.45, 7) is 1.21. The summed E-state index contributed by atoms with van der Waals surface area (Å²) in [4.78, 5) is 23.2. The maximum Gasteiger partial charge on any atom is 0.254 e. The first-order valence-electron chi connectivity index (χ1n) is 9.42. The lowest BCUT2D eigenvalue weighted by Gasteiger charge is -2.27. The van der Waals surface area contributed by atoms with Crippen molar-refractivity contribution in [2.24, 2.45) is 5.73 Å². The number of rotatable bonds is 4. The SMILES string of the molecule is N=C(N)c1cccc(C2=CCN(C(=O)c3ccc(-c4ncccn4)cc3)CC2)c1. The summed E-state index contributed by atoms with van der Waals surface area (Å²) < 4.78 is 0. The first kappa shape index (κ1) is 18.6. The Hall–Kier alpha value is -3.80. The minimum absolute atomic E-state index is 0.0123. The van der Waals surface area contributed by atoms with Gasteiger partial charge in [-0.2, -0.15) is 0 Å². The molecule has 4 rings (SSSR count). The van der Waals surface area contributed by atoms with Crippen LogP contribution in [0.1, 0.15) is 27.9 Å². The fraction of sp³-hybridized carbons (Fsp3) is 0.130. The Kier molecular flexibility index (Phi) is 5.16. The van der Waals surface area contributed by atoms with Gasteiger partial charge in [0.15, 0.2) is 5.82 Å². The van der Waals surface area contributed by atoms with Gasteiger partial charge in [-0.25, -0.2) is 9.97 Å². The molecule has 2 aromatic carbocycles. The van der Waals surface area contributed by atoms with Crippen LogP contribution >= 0.6 is 0 Å². The Bertz CT molecular complexity index is 1070. The number of nitrogens with one attached hydrogen (secondary N) is 1. The average molecular weight is 383 g/mol. The molecule has 29 heavy (non-hydrogen) atoms. The van der Waals surface area contributed by atoms with E-state index in [2.05, 4.69) is 16.0 Å². The Morgan fingerprint density at radius 3 is 2.38 bits per heavy atom. The standard InChI is InChI=1S/C23H21N5O/c24-21(25)20-4-1-3-19(15-20)16-9-13-28(14-10-16)23(29)18-7-5-17(6-8-18)22-26-11-2-12-27-22/h1-9,11-12,15H,10,13-14H2,(H3,24,25). The molecule has 1 aliphatic rings. The summed E-state index contributed by atoms with van der Waals surface area (Å²) in [5, 5.41) is 7.60. The van der Waals surface area contributed by atoms with Crippen LogP contribution in [0, 0.1) is 5.41 Å². The highest BCUT2D eigenvalue weighted by Crippen LogP contribution is 2.24. The maximum absolute atomic E-state index is 12.9. The van der Waals surface area contributed by atoms with Gasteiger partial charge in [0.05, 0.1) is 0 Å². The minimum Gasteiger partial charge on any atom is -0.384 e. The lowest BCUT2D eigenvalue weighted by atomic mass is 9.97. The van der Waals surface area contributed by atoms with Gasteiger partial charge in [0.1, 0.15) is 5.84 Å². The lowest BCUT2D eigenvalue weighted by Crippen LogP contribution is -2.34. The number of benzene rings is 2. The van der Waals surface area contributed by atoms with Crippen LogP contribution in [0.4, 0.5) is 0 Å². The molecule has 0 bridgehead atoms. The molecule has 0 saturated carbocycles. The molecule has 6 nitrogen and oxygen atoms in total. The second kappa shape index (κ2) is 8.06. The van der Waals surface area contributed by atoms with E-state index in [0.717, 1.165) is 17.5 Å². The number of hydrogen-bond acceptors (Lipinski definition) is 4. The third kappa shape index (κ3) is 4.06. The Labute approximate surface area is 169 Å². The topological polar surface area (TPSA) is 96.0 Å². The van der Waals surface area contributed by atoms with E-state index in [4.69, 9.17) is 11.1 Å². The molecule has 1 aromatic heterocycles. The molecule has 0 saturated heterocycles. The van der Waals surface area contributed by atoms with Crippen molar-refractivity contribution < 1.29 is 4.79 Å². The number of nitrogens with zero attached hydrogens (tertiary/aromatic N) is 3. The third-order valence-corrected chi connectivity index (χ3v) is 5.00. The van der Waals surface area contributed by atoms with Crippen molar-refractivity contribution in [1.29, 1.82) is 5.41 Å². The predicted octanol–water partition coefficient (Wildman–Crippen LogP) is 3.36. The molecule has 0 fully saturated rings. The highest BCUT2D eigenvalue weighted by Gasteiger charge is 2.19. The molecule has 3 aromatic rings. The van der Waals surface area contributed by atoms with Crippen LogP contribution in [0.3, 0.4) is 0 Å². The normalized spacial score (nSPS) is 13.7. The predicted molar refractivity (Wildman–Crippen MR) is 113 cm³/mol.